The fourth-order valence-corrected chi connectivity index (χ4v) is 0.155. The summed E-state index contributed by atoms with van der Waals surface area (Å²) in [5, 5.41) is 0. The first-order valence-corrected chi connectivity index (χ1v) is 1.51. The third kappa shape index (κ3) is 0.453. The lowest BCUT2D eigenvalue weighted by atomic mass is 10.6. The minimum absolute atomic E-state index is 0.150. The molecule has 0 aliphatic heterocycles. The zero-order valence-corrected chi connectivity index (χ0v) is 2.93. The number of hydrogen-bond acceptors (Lipinski definition) is 2. The van der Waals surface area contributed by atoms with E-state index >= 15 is 0 Å². The van der Waals surface area contributed by atoms with Gasteiger partial charge in [-0.1, -0.05) is 11.8 Å². The molecule has 0 spiro atoms. The predicted octanol–water partition coefficient (Wildman–Crippen LogP) is -0.292. The molecule has 0 aromatic heterocycles. The van der Waals surface area contributed by atoms with Crippen LogP contribution in [0.4, 0.5) is 0 Å². The molecule has 1 aliphatic carbocycles. The van der Waals surface area contributed by atoms with Gasteiger partial charge in [0.15, 0.2) is 6.04 Å². The van der Waals surface area contributed by atoms with Crippen molar-refractivity contribution in [2.45, 2.75) is 6.04 Å². The van der Waals surface area contributed by atoms with Crippen LogP contribution in [-0.2, 0) is 4.79 Å². The minimum Gasteiger partial charge on any atom is -0.211 e. The van der Waals surface area contributed by atoms with Crippen LogP contribution in [0.2, 0.25) is 0 Å². The molecule has 0 atom stereocenters. The Morgan fingerprint density at radius 2 is 2.33 bits per heavy atom. The second-order valence-corrected chi connectivity index (χ2v) is 0.912. The highest BCUT2D eigenvalue weighted by Gasteiger charge is 2.03. The molecule has 1 aliphatic rings. The number of hydrogen-bond donors (Lipinski definition) is 0. The maximum Gasteiger partial charge on any atom is 0.237 e. The van der Waals surface area contributed by atoms with E-state index in [-0.39, 0.29) is 6.04 Å². The Balaban J connectivity index is 2.38. The molecule has 2 nitrogen and oxygen atoms in total. The fraction of sp³-hybridized carbons (Fsp3) is 0.250. The van der Waals surface area contributed by atoms with Crippen molar-refractivity contribution in [2.24, 2.45) is 4.99 Å². The summed E-state index contributed by atoms with van der Waals surface area (Å²) >= 11 is 0. The largest absolute Gasteiger partial charge is 0.237 e. The Labute approximate surface area is 34.9 Å². The summed E-state index contributed by atoms with van der Waals surface area (Å²) in [6, 6.07) is -0.150. The van der Waals surface area contributed by atoms with E-state index in [2.05, 4.69) is 16.8 Å². The van der Waals surface area contributed by atoms with Crippen LogP contribution in [0.3, 0.4) is 0 Å². The first-order valence-electron chi connectivity index (χ1n) is 1.51. The highest BCUT2D eigenvalue weighted by atomic mass is 16.1. The first-order chi connectivity index (χ1) is 2.93. The summed E-state index contributed by atoms with van der Waals surface area (Å²) in [6.45, 7) is 0. The first kappa shape index (κ1) is 3.14. The number of rotatable bonds is 1. The zero-order valence-electron chi connectivity index (χ0n) is 2.93. The van der Waals surface area contributed by atoms with Gasteiger partial charge in [-0.3, -0.25) is 0 Å². The maximum atomic E-state index is 9.28. The van der Waals surface area contributed by atoms with Crippen molar-refractivity contribution in [3.63, 3.8) is 0 Å². The van der Waals surface area contributed by atoms with Crippen LogP contribution in [0.5, 0.6) is 0 Å². The van der Waals surface area contributed by atoms with Gasteiger partial charge in [-0.25, -0.2) is 4.79 Å². The number of carbonyl (C=O) groups excluding carboxylic acids is 1. The number of nitrogens with zero attached hydrogens (tertiary/aromatic N) is 1. The standard InChI is InChI=1S/C4HNO/c6-3-5-4-1-2-4/h4H. The van der Waals surface area contributed by atoms with E-state index in [9.17, 15) is 4.79 Å². The van der Waals surface area contributed by atoms with E-state index in [0.717, 1.165) is 0 Å². The van der Waals surface area contributed by atoms with Crippen LogP contribution in [0.1, 0.15) is 0 Å². The van der Waals surface area contributed by atoms with E-state index in [1.54, 1.807) is 0 Å². The van der Waals surface area contributed by atoms with Crippen LogP contribution in [0.15, 0.2) is 4.99 Å². The second kappa shape index (κ2) is 0.965. The topological polar surface area (TPSA) is 29.4 Å². The van der Waals surface area contributed by atoms with Gasteiger partial charge in [0.25, 0.3) is 0 Å². The SMILES string of the molecule is O=C=NC1C#C1. The smallest absolute Gasteiger partial charge is 0.211 e. The molecule has 2 heteroatoms. The fourth-order valence-electron chi connectivity index (χ4n) is 0.155. The van der Waals surface area contributed by atoms with E-state index in [4.69, 9.17) is 0 Å². The molecule has 1 rings (SSSR count). The Morgan fingerprint density at radius 1 is 1.67 bits per heavy atom. The van der Waals surface area contributed by atoms with Crippen LogP contribution >= 0.6 is 0 Å². The van der Waals surface area contributed by atoms with Crippen molar-refractivity contribution in [3.8, 4) is 11.8 Å². The van der Waals surface area contributed by atoms with Crippen molar-refractivity contribution in [3.05, 3.63) is 0 Å². The van der Waals surface area contributed by atoms with Gasteiger partial charge in [-0.05, 0) is 0 Å². The predicted molar refractivity (Wildman–Crippen MR) is 19.7 cm³/mol. The molecule has 0 aromatic carbocycles. The molecule has 0 fully saturated rings. The van der Waals surface area contributed by atoms with Crippen molar-refractivity contribution >= 4 is 6.08 Å². The maximum absolute atomic E-state index is 9.28. The molecule has 0 unspecified atom stereocenters. The number of isocyanates is 1. The van der Waals surface area contributed by atoms with Gasteiger partial charge in [0.1, 0.15) is 0 Å². The molecule has 0 amide bonds. The number of aliphatic imine (C=N–C) groups is 1. The molecule has 0 aromatic rings. The molecule has 0 saturated carbocycles. The van der Waals surface area contributed by atoms with Crippen molar-refractivity contribution in [2.75, 3.05) is 0 Å². The summed E-state index contributed by atoms with van der Waals surface area (Å²) in [4.78, 5) is 12.5. The highest BCUT2D eigenvalue weighted by molar-refractivity contribution is 5.45. The molecule has 0 bridgehead atoms. The van der Waals surface area contributed by atoms with Crippen LogP contribution in [0, 0.1) is 11.8 Å². The normalized spacial score (nSPS) is 14.0. The van der Waals surface area contributed by atoms with Gasteiger partial charge < -0.3 is 0 Å². The average Bonchev–Trinajstić information content (AvgIpc) is 2.21. The summed E-state index contributed by atoms with van der Waals surface area (Å²) < 4.78 is 0. The van der Waals surface area contributed by atoms with Gasteiger partial charge in [-0.2, -0.15) is 4.99 Å². The van der Waals surface area contributed by atoms with Gasteiger partial charge in [0.2, 0.25) is 6.08 Å². The van der Waals surface area contributed by atoms with Crippen LogP contribution in [0.25, 0.3) is 0 Å². The molecular formula is C4HNO. The highest BCUT2D eigenvalue weighted by Crippen LogP contribution is 1.94. The van der Waals surface area contributed by atoms with Gasteiger partial charge in [0, 0.05) is 0 Å². The third-order valence-electron chi connectivity index (χ3n) is 0.455. The lowest BCUT2D eigenvalue weighted by Crippen LogP contribution is -1.74. The van der Waals surface area contributed by atoms with E-state index in [0.29, 0.717) is 0 Å². The van der Waals surface area contributed by atoms with Crippen molar-refractivity contribution in [1.82, 2.24) is 0 Å². The monoisotopic (exact) mass is 79.0 g/mol. The Kier molecular flexibility index (Phi) is 0.506. The molecule has 0 N–H and O–H groups in total. The average molecular weight is 79.1 g/mol. The quantitative estimate of drug-likeness (QED) is 0.241. The molecule has 28 valence electrons. The van der Waals surface area contributed by atoms with Crippen LogP contribution in [-0.4, -0.2) is 12.1 Å². The zero-order chi connectivity index (χ0) is 4.41. The van der Waals surface area contributed by atoms with Gasteiger partial charge in [-0.15, -0.1) is 0 Å². The summed E-state index contributed by atoms with van der Waals surface area (Å²) in [7, 11) is 0. The lowest BCUT2D eigenvalue weighted by Gasteiger charge is -1.63. The van der Waals surface area contributed by atoms with Crippen LogP contribution < -0.4 is 0 Å². The van der Waals surface area contributed by atoms with E-state index in [1.165, 1.54) is 6.08 Å². The van der Waals surface area contributed by atoms with E-state index < -0.39 is 0 Å². The van der Waals surface area contributed by atoms with Crippen molar-refractivity contribution in [1.29, 1.82) is 0 Å². The van der Waals surface area contributed by atoms with Gasteiger partial charge in [0.05, 0.1) is 0 Å². The van der Waals surface area contributed by atoms with E-state index in [1.807, 2.05) is 0 Å². The third-order valence-corrected chi connectivity index (χ3v) is 0.455. The molecule has 6 heavy (non-hydrogen) atoms. The Morgan fingerprint density at radius 3 is 2.50 bits per heavy atom. The summed E-state index contributed by atoms with van der Waals surface area (Å²) in [5.41, 5.74) is 0. The molecule has 0 heterocycles. The lowest BCUT2D eigenvalue weighted by molar-refractivity contribution is 0.563. The molecule has 0 saturated heterocycles. The second-order valence-electron chi connectivity index (χ2n) is 0.912. The summed E-state index contributed by atoms with van der Waals surface area (Å²) in [6.07, 6.45) is 1.38. The summed E-state index contributed by atoms with van der Waals surface area (Å²) in [5.74, 6) is 5.11. The Bertz CT molecular complexity index is 148. The Hall–Kier alpha value is -1.06. The van der Waals surface area contributed by atoms with Gasteiger partial charge >= 0.3 is 0 Å². The van der Waals surface area contributed by atoms with Crippen molar-refractivity contribution < 1.29 is 4.79 Å². The minimum atomic E-state index is -0.150. The molecular weight excluding hydrogens is 78.0 g/mol. The molecule has 0 radical (unpaired) electrons.